The Morgan fingerprint density at radius 3 is 2.42 bits per heavy atom. The van der Waals surface area contributed by atoms with E-state index in [-0.39, 0.29) is 17.2 Å². The van der Waals surface area contributed by atoms with Crippen LogP contribution in [-0.4, -0.2) is 15.8 Å². The molecule has 1 aromatic carbocycles. The SMILES string of the molecule is C/C=C/C(=O)Oc1ccc([N+](=O)[O-])c([N+](=O)[O-])c1C(C)CCCCCC. The number of allylic oxidation sites excluding steroid dienone is 1. The lowest BCUT2D eigenvalue weighted by molar-refractivity contribution is -0.423. The van der Waals surface area contributed by atoms with Crippen LogP contribution in [0.4, 0.5) is 11.4 Å². The Morgan fingerprint density at radius 1 is 1.19 bits per heavy atom. The Labute approximate surface area is 152 Å². The number of nitrogens with zero attached hydrogens (tertiary/aromatic N) is 2. The lowest BCUT2D eigenvalue weighted by Crippen LogP contribution is -2.10. The van der Waals surface area contributed by atoms with E-state index in [2.05, 4.69) is 6.92 Å². The molecule has 142 valence electrons. The second kappa shape index (κ2) is 10.3. The van der Waals surface area contributed by atoms with Crippen molar-refractivity contribution >= 4 is 17.3 Å². The maximum Gasteiger partial charge on any atom is 0.353 e. The third-order valence-electron chi connectivity index (χ3n) is 4.03. The highest BCUT2D eigenvalue weighted by molar-refractivity contribution is 5.84. The molecule has 0 N–H and O–H groups in total. The highest BCUT2D eigenvalue weighted by Gasteiger charge is 2.34. The average Bonchev–Trinajstić information content (AvgIpc) is 2.57. The van der Waals surface area contributed by atoms with Crippen LogP contribution in [0.3, 0.4) is 0 Å². The minimum Gasteiger partial charge on any atom is -0.423 e. The molecular weight excluding hydrogens is 340 g/mol. The van der Waals surface area contributed by atoms with Gasteiger partial charge in [-0.3, -0.25) is 20.2 Å². The molecule has 0 amide bonds. The lowest BCUT2D eigenvalue weighted by Gasteiger charge is -2.16. The van der Waals surface area contributed by atoms with Crippen LogP contribution in [0.2, 0.25) is 0 Å². The molecule has 0 aromatic heterocycles. The van der Waals surface area contributed by atoms with Gasteiger partial charge in [-0.05, 0) is 25.3 Å². The minimum atomic E-state index is -0.789. The molecule has 0 aliphatic heterocycles. The third kappa shape index (κ3) is 5.65. The van der Waals surface area contributed by atoms with Gasteiger partial charge in [0.25, 0.3) is 0 Å². The number of hydrogen-bond acceptors (Lipinski definition) is 6. The molecule has 0 fully saturated rings. The smallest absolute Gasteiger partial charge is 0.353 e. The number of carbonyl (C=O) groups is 1. The summed E-state index contributed by atoms with van der Waals surface area (Å²) in [6, 6.07) is 2.26. The van der Waals surface area contributed by atoms with Crippen molar-refractivity contribution < 1.29 is 19.4 Å². The van der Waals surface area contributed by atoms with E-state index < -0.39 is 27.2 Å². The van der Waals surface area contributed by atoms with Gasteiger partial charge in [-0.15, -0.1) is 0 Å². The summed E-state index contributed by atoms with van der Waals surface area (Å²) in [6.07, 6.45) is 7.17. The summed E-state index contributed by atoms with van der Waals surface area (Å²) in [5.74, 6) is -1.05. The molecule has 0 saturated heterocycles. The summed E-state index contributed by atoms with van der Waals surface area (Å²) in [5, 5.41) is 22.8. The van der Waals surface area contributed by atoms with E-state index >= 15 is 0 Å². The van der Waals surface area contributed by atoms with E-state index in [1.165, 1.54) is 18.2 Å². The number of carbonyl (C=O) groups excluding carboxylic acids is 1. The summed E-state index contributed by atoms with van der Waals surface area (Å²) < 4.78 is 5.21. The summed E-state index contributed by atoms with van der Waals surface area (Å²) >= 11 is 0. The van der Waals surface area contributed by atoms with Gasteiger partial charge in [-0.25, -0.2) is 4.79 Å². The zero-order valence-electron chi connectivity index (χ0n) is 15.3. The van der Waals surface area contributed by atoms with Crippen molar-refractivity contribution in [2.24, 2.45) is 0 Å². The van der Waals surface area contributed by atoms with Crippen molar-refractivity contribution in [2.45, 2.75) is 58.8 Å². The largest absolute Gasteiger partial charge is 0.423 e. The fourth-order valence-corrected chi connectivity index (χ4v) is 2.78. The maximum absolute atomic E-state index is 11.8. The molecule has 1 atom stereocenters. The van der Waals surface area contributed by atoms with E-state index in [9.17, 15) is 25.0 Å². The lowest BCUT2D eigenvalue weighted by atomic mass is 9.92. The van der Waals surface area contributed by atoms with E-state index in [0.29, 0.717) is 6.42 Å². The van der Waals surface area contributed by atoms with Crippen LogP contribution in [0.5, 0.6) is 5.75 Å². The van der Waals surface area contributed by atoms with E-state index in [1.54, 1.807) is 13.8 Å². The van der Waals surface area contributed by atoms with Crippen LogP contribution in [0.25, 0.3) is 0 Å². The highest BCUT2D eigenvalue weighted by Crippen LogP contribution is 2.43. The number of esters is 1. The predicted molar refractivity (Wildman–Crippen MR) is 97.4 cm³/mol. The van der Waals surface area contributed by atoms with E-state index in [1.807, 2.05) is 0 Å². The Kier molecular flexibility index (Phi) is 8.41. The molecule has 1 unspecified atom stereocenters. The van der Waals surface area contributed by atoms with E-state index in [4.69, 9.17) is 4.74 Å². The summed E-state index contributed by atoms with van der Waals surface area (Å²) in [7, 11) is 0. The number of benzene rings is 1. The number of ether oxygens (including phenoxy) is 1. The first-order valence-electron chi connectivity index (χ1n) is 8.63. The molecule has 8 heteroatoms. The van der Waals surface area contributed by atoms with Crippen LogP contribution >= 0.6 is 0 Å². The second-order valence-corrected chi connectivity index (χ2v) is 6.03. The molecule has 8 nitrogen and oxygen atoms in total. The van der Waals surface area contributed by atoms with Crippen molar-refractivity contribution in [2.75, 3.05) is 0 Å². The number of nitro benzene ring substituents is 2. The molecule has 0 bridgehead atoms. The second-order valence-electron chi connectivity index (χ2n) is 6.03. The first-order chi connectivity index (χ1) is 12.3. The van der Waals surface area contributed by atoms with Gasteiger partial charge in [-0.2, -0.15) is 0 Å². The molecule has 0 aliphatic carbocycles. The van der Waals surface area contributed by atoms with Crippen molar-refractivity contribution in [3.8, 4) is 5.75 Å². The van der Waals surface area contributed by atoms with Crippen LogP contribution < -0.4 is 4.74 Å². The van der Waals surface area contributed by atoms with Crippen LogP contribution in [0.1, 0.15) is 64.4 Å². The standard InChI is InChI=1S/C18H24N2O6/c1-4-6-7-8-10-13(3)17-15(26-16(21)9-5-2)12-11-14(19(22)23)18(17)20(24)25/h5,9,11-13H,4,6-8,10H2,1-3H3/b9-5+. The van der Waals surface area contributed by atoms with Gasteiger partial charge >= 0.3 is 17.3 Å². The normalized spacial score (nSPS) is 12.1. The fraction of sp³-hybridized carbons (Fsp3) is 0.500. The van der Waals surface area contributed by atoms with Crippen molar-refractivity contribution in [1.82, 2.24) is 0 Å². The molecule has 0 heterocycles. The van der Waals surface area contributed by atoms with Gasteiger partial charge in [0.05, 0.1) is 15.4 Å². The Balaban J connectivity index is 3.36. The monoisotopic (exact) mass is 364 g/mol. The number of unbranched alkanes of at least 4 members (excludes halogenated alkanes) is 3. The summed E-state index contributed by atoms with van der Waals surface area (Å²) in [4.78, 5) is 33.0. The first kappa shape index (κ1) is 21.3. The fourth-order valence-electron chi connectivity index (χ4n) is 2.78. The van der Waals surface area contributed by atoms with Gasteiger partial charge in [0.15, 0.2) is 0 Å². The summed E-state index contributed by atoms with van der Waals surface area (Å²) in [6.45, 7) is 5.47. The molecular formula is C18H24N2O6. The molecule has 0 aliphatic rings. The zero-order chi connectivity index (χ0) is 19.7. The minimum absolute atomic E-state index is 0.00612. The molecule has 0 spiro atoms. The Hall–Kier alpha value is -2.77. The Bertz CT molecular complexity index is 699. The van der Waals surface area contributed by atoms with Crippen LogP contribution in [0.15, 0.2) is 24.3 Å². The quantitative estimate of drug-likeness (QED) is 0.143. The van der Waals surface area contributed by atoms with Crippen molar-refractivity contribution in [3.05, 3.63) is 50.1 Å². The molecule has 0 radical (unpaired) electrons. The van der Waals surface area contributed by atoms with Gasteiger partial charge < -0.3 is 4.74 Å². The maximum atomic E-state index is 11.8. The Morgan fingerprint density at radius 2 is 1.88 bits per heavy atom. The van der Waals surface area contributed by atoms with Crippen molar-refractivity contribution in [1.29, 1.82) is 0 Å². The first-order valence-corrected chi connectivity index (χ1v) is 8.63. The number of nitro groups is 2. The van der Waals surface area contributed by atoms with Gasteiger partial charge in [-0.1, -0.05) is 45.6 Å². The summed E-state index contributed by atoms with van der Waals surface area (Å²) in [5.41, 5.74) is -1.11. The molecule has 0 saturated carbocycles. The number of rotatable bonds is 10. The predicted octanol–water partition coefficient (Wildman–Crippen LogP) is 5.06. The van der Waals surface area contributed by atoms with Crippen LogP contribution in [-0.2, 0) is 4.79 Å². The third-order valence-corrected chi connectivity index (χ3v) is 4.03. The van der Waals surface area contributed by atoms with Gasteiger partial charge in [0, 0.05) is 12.1 Å². The average molecular weight is 364 g/mol. The molecule has 1 rings (SSSR count). The van der Waals surface area contributed by atoms with Crippen molar-refractivity contribution in [3.63, 3.8) is 0 Å². The number of hydrogen-bond donors (Lipinski definition) is 0. The topological polar surface area (TPSA) is 113 Å². The van der Waals surface area contributed by atoms with E-state index in [0.717, 1.165) is 31.7 Å². The van der Waals surface area contributed by atoms with Crippen LogP contribution in [0, 0.1) is 20.2 Å². The van der Waals surface area contributed by atoms with Gasteiger partial charge in [0.2, 0.25) is 0 Å². The van der Waals surface area contributed by atoms with Gasteiger partial charge in [0.1, 0.15) is 5.75 Å². The molecule has 1 aromatic rings. The highest BCUT2D eigenvalue weighted by atomic mass is 16.6. The molecule has 26 heavy (non-hydrogen) atoms. The zero-order valence-corrected chi connectivity index (χ0v) is 15.3.